The third kappa shape index (κ3) is 5.56. The number of amides is 2. The molecule has 0 spiro atoms. The molecule has 0 bridgehead atoms. The second-order valence-corrected chi connectivity index (χ2v) is 10.0. The number of pyridine rings is 1. The Morgan fingerprint density at radius 2 is 1.83 bits per heavy atom. The van der Waals surface area contributed by atoms with Crippen LogP contribution in [0.1, 0.15) is 28.0 Å². The minimum Gasteiger partial charge on any atom is -0.328 e. The number of rotatable bonds is 7. The van der Waals surface area contributed by atoms with E-state index in [-0.39, 0.29) is 23.8 Å². The van der Waals surface area contributed by atoms with Gasteiger partial charge in [0.25, 0.3) is 5.91 Å². The number of anilines is 2. The first-order valence-electron chi connectivity index (χ1n) is 11.1. The maximum absolute atomic E-state index is 12.4. The molecule has 3 aromatic heterocycles. The lowest BCUT2D eigenvalue weighted by Crippen LogP contribution is -2.14. The molecule has 3 N–H and O–H groups in total. The highest BCUT2D eigenvalue weighted by Gasteiger charge is 2.11. The van der Waals surface area contributed by atoms with E-state index in [1.807, 2.05) is 35.7 Å². The van der Waals surface area contributed by atoms with E-state index in [0.29, 0.717) is 28.5 Å². The average Bonchev–Trinajstić information content (AvgIpc) is 3.50. The van der Waals surface area contributed by atoms with Crippen LogP contribution in [0.5, 0.6) is 0 Å². The number of carbonyl (C=O) groups is 2. The molecular weight excluding hydrogens is 494 g/mol. The van der Waals surface area contributed by atoms with Crippen molar-refractivity contribution in [2.45, 2.75) is 19.8 Å². The second kappa shape index (κ2) is 10.2. The summed E-state index contributed by atoms with van der Waals surface area (Å²) in [5.41, 5.74) is 4.68. The molecule has 0 atom stereocenters. The first-order valence-corrected chi connectivity index (χ1v) is 12.8. The van der Waals surface area contributed by atoms with Gasteiger partial charge in [0.15, 0.2) is 5.13 Å². The lowest BCUT2D eigenvalue weighted by molar-refractivity contribution is -0.116. The number of aromatic nitrogens is 3. The summed E-state index contributed by atoms with van der Waals surface area (Å²) in [7, 11) is 0. The molecule has 0 radical (unpaired) electrons. The van der Waals surface area contributed by atoms with E-state index in [9.17, 15) is 14.4 Å². The third-order valence-electron chi connectivity index (χ3n) is 5.39. The van der Waals surface area contributed by atoms with Gasteiger partial charge < -0.3 is 10.3 Å². The molecule has 0 saturated heterocycles. The van der Waals surface area contributed by atoms with Crippen LogP contribution in [-0.4, -0.2) is 26.8 Å². The topological polar surface area (TPSA) is 117 Å². The van der Waals surface area contributed by atoms with E-state index in [0.717, 1.165) is 20.8 Å². The minimum absolute atomic E-state index is 0.120. The van der Waals surface area contributed by atoms with Gasteiger partial charge in [-0.3, -0.25) is 19.7 Å². The Kier molecular flexibility index (Phi) is 6.70. The average molecular weight is 516 g/mol. The molecule has 36 heavy (non-hydrogen) atoms. The van der Waals surface area contributed by atoms with E-state index in [4.69, 9.17) is 4.98 Å². The number of fused-ring (bicyclic) bond motifs is 1. The van der Waals surface area contributed by atoms with Crippen molar-refractivity contribution in [1.29, 1.82) is 0 Å². The van der Waals surface area contributed by atoms with Crippen molar-refractivity contribution < 1.29 is 9.59 Å². The zero-order chi connectivity index (χ0) is 25.1. The van der Waals surface area contributed by atoms with Crippen LogP contribution in [0.4, 0.5) is 10.8 Å². The number of thiazole rings is 2. The Morgan fingerprint density at radius 3 is 2.61 bits per heavy atom. The van der Waals surface area contributed by atoms with Gasteiger partial charge in [0.2, 0.25) is 11.5 Å². The van der Waals surface area contributed by atoms with E-state index in [1.54, 1.807) is 11.3 Å². The number of H-pyrrole nitrogens is 1. The monoisotopic (exact) mass is 515 g/mol. The fourth-order valence-electron chi connectivity index (χ4n) is 3.52. The maximum Gasteiger partial charge on any atom is 0.258 e. The molecule has 0 aliphatic carbocycles. The molecule has 3 heterocycles. The molecule has 2 aromatic carbocycles. The Labute approximate surface area is 214 Å². The summed E-state index contributed by atoms with van der Waals surface area (Å²) in [6.45, 7) is 2.07. The van der Waals surface area contributed by atoms with E-state index >= 15 is 0 Å². The molecule has 0 fully saturated rings. The number of hydrogen-bond acceptors (Lipinski definition) is 7. The summed E-state index contributed by atoms with van der Waals surface area (Å²) in [6.07, 6.45) is 2.05. The first kappa shape index (κ1) is 23.6. The van der Waals surface area contributed by atoms with Gasteiger partial charge in [0.05, 0.1) is 21.5 Å². The molecule has 2 amide bonds. The molecule has 5 rings (SSSR count). The largest absolute Gasteiger partial charge is 0.328 e. The minimum atomic E-state index is -0.366. The number of aryl methyl sites for hydroxylation is 2. The van der Waals surface area contributed by atoms with Gasteiger partial charge >= 0.3 is 0 Å². The van der Waals surface area contributed by atoms with Gasteiger partial charge in [-0.2, -0.15) is 0 Å². The molecule has 0 unspecified atom stereocenters. The van der Waals surface area contributed by atoms with E-state index < -0.39 is 0 Å². The number of carbonyl (C=O) groups excluding carboxylic acids is 2. The molecule has 180 valence electrons. The molecule has 0 aliphatic rings. The number of nitrogens with zero attached hydrogens (tertiary/aromatic N) is 2. The van der Waals surface area contributed by atoms with Crippen molar-refractivity contribution in [3.63, 3.8) is 0 Å². The van der Waals surface area contributed by atoms with Crippen LogP contribution >= 0.6 is 22.7 Å². The van der Waals surface area contributed by atoms with Crippen molar-refractivity contribution in [2.75, 3.05) is 10.6 Å². The van der Waals surface area contributed by atoms with Gasteiger partial charge in [0.1, 0.15) is 5.01 Å². The van der Waals surface area contributed by atoms with Crippen molar-refractivity contribution in [3.8, 4) is 10.6 Å². The molecule has 0 saturated carbocycles. The predicted molar refractivity (Wildman–Crippen MR) is 144 cm³/mol. The van der Waals surface area contributed by atoms with Crippen molar-refractivity contribution >= 4 is 55.5 Å². The van der Waals surface area contributed by atoms with Crippen LogP contribution in [0, 0.1) is 6.92 Å². The van der Waals surface area contributed by atoms with E-state index in [1.165, 1.54) is 35.2 Å². The second-order valence-electron chi connectivity index (χ2n) is 8.16. The number of hydrogen-bond donors (Lipinski definition) is 3. The van der Waals surface area contributed by atoms with Gasteiger partial charge in [-0.15, -0.1) is 22.7 Å². The Morgan fingerprint density at radius 1 is 1.00 bits per heavy atom. The summed E-state index contributed by atoms with van der Waals surface area (Å²) in [5, 5.41) is 8.79. The summed E-state index contributed by atoms with van der Waals surface area (Å²) in [4.78, 5) is 47.4. The van der Waals surface area contributed by atoms with Gasteiger partial charge in [0, 0.05) is 35.3 Å². The molecule has 5 aromatic rings. The van der Waals surface area contributed by atoms with E-state index in [2.05, 4.69) is 39.7 Å². The summed E-state index contributed by atoms with van der Waals surface area (Å²) >= 11 is 2.93. The number of nitrogens with one attached hydrogen (secondary N) is 3. The van der Waals surface area contributed by atoms with Gasteiger partial charge in [-0.25, -0.2) is 9.97 Å². The smallest absolute Gasteiger partial charge is 0.258 e. The highest BCUT2D eigenvalue weighted by molar-refractivity contribution is 7.21. The Balaban J connectivity index is 1.14. The fourth-order valence-corrected chi connectivity index (χ4v) is 5.33. The normalized spacial score (nSPS) is 10.9. The standard InChI is InChI=1S/C26H21N5O3S2/c1-15-2-9-20-21(12-15)36-25(30-20)16-3-6-18(7-4-16)28-23(33)11-8-19-14-35-26(29-19)31-24(34)17-5-10-22(32)27-13-17/h2-7,9-10,12-14H,8,11H2,1H3,(H,27,32)(H,28,33)(H,29,31,34). The zero-order valence-corrected chi connectivity index (χ0v) is 20.8. The molecule has 10 heteroatoms. The predicted octanol–water partition coefficient (Wildman–Crippen LogP) is 5.24. The SMILES string of the molecule is Cc1ccc2nc(-c3ccc(NC(=O)CCc4csc(NC(=O)c5ccc(=O)[nH]c5)n4)cc3)sc2c1. The van der Waals surface area contributed by atoms with Crippen LogP contribution in [0.25, 0.3) is 20.8 Å². The van der Waals surface area contributed by atoms with Crippen LogP contribution in [0.3, 0.4) is 0 Å². The summed E-state index contributed by atoms with van der Waals surface area (Å²) < 4.78 is 1.16. The van der Waals surface area contributed by atoms with Crippen molar-refractivity contribution in [1.82, 2.24) is 15.0 Å². The lowest BCUT2D eigenvalue weighted by atomic mass is 10.2. The molecule has 8 nitrogen and oxygen atoms in total. The highest BCUT2D eigenvalue weighted by Crippen LogP contribution is 2.31. The highest BCUT2D eigenvalue weighted by atomic mass is 32.1. The Bertz CT molecular complexity index is 1600. The summed E-state index contributed by atoms with van der Waals surface area (Å²) in [5.74, 6) is -0.487. The fraction of sp³-hybridized carbons (Fsp3) is 0.115. The lowest BCUT2D eigenvalue weighted by Gasteiger charge is -2.05. The number of aromatic amines is 1. The van der Waals surface area contributed by atoms with Crippen molar-refractivity contribution in [3.05, 3.63) is 93.3 Å². The number of benzene rings is 2. The van der Waals surface area contributed by atoms with Crippen LogP contribution < -0.4 is 16.2 Å². The maximum atomic E-state index is 12.4. The van der Waals surface area contributed by atoms with Crippen LogP contribution in [-0.2, 0) is 11.2 Å². The van der Waals surface area contributed by atoms with Crippen LogP contribution in [0.2, 0.25) is 0 Å². The first-order chi connectivity index (χ1) is 17.4. The Hall–Kier alpha value is -4.15. The van der Waals surface area contributed by atoms with Gasteiger partial charge in [-0.1, -0.05) is 6.07 Å². The zero-order valence-electron chi connectivity index (χ0n) is 19.2. The molecular formula is C26H21N5O3S2. The van der Waals surface area contributed by atoms with Crippen molar-refractivity contribution in [2.24, 2.45) is 0 Å². The quantitative estimate of drug-likeness (QED) is 0.274. The van der Waals surface area contributed by atoms with Gasteiger partial charge in [-0.05, 0) is 61.4 Å². The third-order valence-corrected chi connectivity index (χ3v) is 7.26. The summed E-state index contributed by atoms with van der Waals surface area (Å²) in [6, 6.07) is 16.6. The molecule has 0 aliphatic heterocycles. The van der Waals surface area contributed by atoms with Crippen LogP contribution in [0.15, 0.2) is 71.0 Å².